The molecule has 5 heteroatoms. The topological polar surface area (TPSA) is 38.8 Å². The number of ether oxygens (including phenoxy) is 1. The monoisotopic (exact) mass is 403 g/mol. The van der Waals surface area contributed by atoms with E-state index in [9.17, 15) is 4.79 Å². The molecular formula is C23H37NO3Si. The predicted molar refractivity (Wildman–Crippen MR) is 118 cm³/mol. The molecule has 0 aromatic heterocycles. The van der Waals surface area contributed by atoms with Gasteiger partial charge in [0.05, 0.1) is 0 Å². The molecule has 0 N–H and O–H groups in total. The molecular weight excluding hydrogens is 366 g/mol. The maximum absolute atomic E-state index is 12.5. The van der Waals surface area contributed by atoms with Crippen LogP contribution >= 0.6 is 0 Å². The van der Waals surface area contributed by atoms with E-state index in [1.165, 1.54) is 0 Å². The average Bonchev–Trinajstić information content (AvgIpc) is 2.67. The van der Waals surface area contributed by atoms with Crippen LogP contribution in [0.1, 0.15) is 47.1 Å². The van der Waals surface area contributed by atoms with Crippen LogP contribution in [0, 0.1) is 5.92 Å². The molecule has 0 saturated heterocycles. The van der Waals surface area contributed by atoms with Gasteiger partial charge in [0.2, 0.25) is 0 Å². The summed E-state index contributed by atoms with van der Waals surface area (Å²) in [6, 6.07) is 9.80. The summed E-state index contributed by atoms with van der Waals surface area (Å²) in [5.41, 5.74) is 2.69. The molecule has 0 radical (unpaired) electrons. The van der Waals surface area contributed by atoms with E-state index in [1.54, 1.807) is 4.90 Å². The van der Waals surface area contributed by atoms with Crippen molar-refractivity contribution in [1.29, 1.82) is 0 Å². The molecule has 0 fully saturated rings. The Labute approximate surface area is 172 Å². The molecule has 1 aromatic carbocycles. The minimum atomic E-state index is -1.89. The van der Waals surface area contributed by atoms with Crippen LogP contribution in [0.4, 0.5) is 4.79 Å². The molecule has 28 heavy (non-hydrogen) atoms. The Bertz CT molecular complexity index is 621. The van der Waals surface area contributed by atoms with Gasteiger partial charge < -0.3 is 14.1 Å². The van der Waals surface area contributed by atoms with Gasteiger partial charge in [-0.1, -0.05) is 84.0 Å². The van der Waals surface area contributed by atoms with Crippen LogP contribution in [0.3, 0.4) is 0 Å². The highest BCUT2D eigenvalue weighted by atomic mass is 28.4. The van der Waals surface area contributed by atoms with Crippen LogP contribution < -0.4 is 0 Å². The zero-order valence-corrected chi connectivity index (χ0v) is 19.4. The summed E-state index contributed by atoms with van der Waals surface area (Å²) in [5, 5.41) is 0. The molecule has 1 aliphatic heterocycles. The second-order valence-electron chi connectivity index (χ2n) is 8.76. The second-order valence-corrected chi connectivity index (χ2v) is 14.2. The highest BCUT2D eigenvalue weighted by Gasteiger charge is 2.45. The number of hydrogen-bond donors (Lipinski definition) is 0. The summed E-state index contributed by atoms with van der Waals surface area (Å²) in [6.07, 6.45) is 4.00. The number of amides is 1. The first-order valence-corrected chi connectivity index (χ1v) is 12.7. The molecule has 2 rings (SSSR count). The zero-order chi connectivity index (χ0) is 20.7. The van der Waals surface area contributed by atoms with E-state index in [1.807, 2.05) is 30.3 Å². The number of carbonyl (C=O) groups is 1. The third kappa shape index (κ3) is 5.48. The van der Waals surface area contributed by atoms with Crippen LogP contribution in [0.15, 0.2) is 42.5 Å². The minimum absolute atomic E-state index is 0.223. The Hall–Kier alpha value is -1.59. The van der Waals surface area contributed by atoms with Gasteiger partial charge in [-0.15, -0.1) is 0 Å². The smallest absolute Gasteiger partial charge is 0.410 e. The number of rotatable bonds is 8. The van der Waals surface area contributed by atoms with Crippen LogP contribution in [-0.2, 0) is 15.8 Å². The molecule has 156 valence electrons. The fraction of sp³-hybridized carbons (Fsp3) is 0.609. The molecule has 1 atom stereocenters. The van der Waals surface area contributed by atoms with Gasteiger partial charge in [-0.05, 0) is 22.2 Å². The first-order valence-electron chi connectivity index (χ1n) is 10.5. The van der Waals surface area contributed by atoms with Crippen molar-refractivity contribution in [3.63, 3.8) is 0 Å². The maximum atomic E-state index is 12.5. The van der Waals surface area contributed by atoms with E-state index in [4.69, 9.17) is 9.16 Å². The molecule has 1 heterocycles. The third-order valence-electron chi connectivity index (χ3n) is 5.91. The van der Waals surface area contributed by atoms with Crippen molar-refractivity contribution in [2.24, 2.45) is 5.92 Å². The van der Waals surface area contributed by atoms with Crippen molar-refractivity contribution >= 4 is 14.4 Å². The molecule has 0 aliphatic carbocycles. The van der Waals surface area contributed by atoms with Crippen molar-refractivity contribution in [2.75, 3.05) is 19.7 Å². The molecule has 1 aromatic rings. The van der Waals surface area contributed by atoms with Crippen molar-refractivity contribution in [1.82, 2.24) is 4.90 Å². The maximum Gasteiger partial charge on any atom is 0.410 e. The summed E-state index contributed by atoms with van der Waals surface area (Å²) in [5.74, 6) is 0.223. The normalized spacial score (nSPS) is 17.6. The average molecular weight is 404 g/mol. The number of carbonyl (C=O) groups excluding carboxylic acids is 1. The minimum Gasteiger partial charge on any atom is -0.445 e. The highest BCUT2D eigenvalue weighted by Crippen LogP contribution is 2.42. The van der Waals surface area contributed by atoms with Crippen LogP contribution in [0.25, 0.3) is 0 Å². The van der Waals surface area contributed by atoms with E-state index >= 15 is 0 Å². The van der Waals surface area contributed by atoms with Crippen molar-refractivity contribution in [2.45, 2.75) is 64.8 Å². The van der Waals surface area contributed by atoms with Gasteiger partial charge >= 0.3 is 6.09 Å². The largest absolute Gasteiger partial charge is 0.445 e. The lowest BCUT2D eigenvalue weighted by Crippen LogP contribution is -2.49. The Morgan fingerprint density at radius 1 is 1.07 bits per heavy atom. The zero-order valence-electron chi connectivity index (χ0n) is 18.4. The Balaban J connectivity index is 1.92. The van der Waals surface area contributed by atoms with E-state index < -0.39 is 8.32 Å². The van der Waals surface area contributed by atoms with E-state index in [0.717, 1.165) is 5.56 Å². The van der Waals surface area contributed by atoms with Gasteiger partial charge in [0.1, 0.15) is 6.61 Å². The van der Waals surface area contributed by atoms with Crippen LogP contribution in [-0.4, -0.2) is 39.0 Å². The Kier molecular flexibility index (Phi) is 8.32. The van der Waals surface area contributed by atoms with Gasteiger partial charge in [-0.2, -0.15) is 0 Å². The summed E-state index contributed by atoms with van der Waals surface area (Å²) >= 11 is 0. The summed E-state index contributed by atoms with van der Waals surface area (Å²) in [7, 11) is -1.89. The van der Waals surface area contributed by atoms with Crippen molar-refractivity contribution in [3.8, 4) is 0 Å². The summed E-state index contributed by atoms with van der Waals surface area (Å²) in [6.45, 7) is 16.1. The SMILES string of the molecule is CC(C)[Si](OC[C@@H]1C=CCN(C(=O)OCc2ccccc2)C1)(C(C)C)C(C)C. The van der Waals surface area contributed by atoms with E-state index in [0.29, 0.717) is 42.9 Å². The van der Waals surface area contributed by atoms with Crippen LogP contribution in [0.2, 0.25) is 16.6 Å². The Morgan fingerprint density at radius 3 is 2.25 bits per heavy atom. The van der Waals surface area contributed by atoms with Crippen LogP contribution in [0.5, 0.6) is 0 Å². The predicted octanol–water partition coefficient (Wildman–Crippen LogP) is 6.00. The standard InChI is InChI=1S/C23H37NO3Si/c1-18(2)28(19(3)4,20(5)6)27-17-22-13-10-14-24(15-22)23(25)26-16-21-11-8-7-9-12-21/h7-13,18-20,22H,14-17H2,1-6H3/t22-/m1/s1. The summed E-state index contributed by atoms with van der Waals surface area (Å²) in [4.78, 5) is 14.3. The Morgan fingerprint density at radius 2 is 1.68 bits per heavy atom. The van der Waals surface area contributed by atoms with E-state index in [2.05, 4.69) is 53.7 Å². The lowest BCUT2D eigenvalue weighted by molar-refractivity contribution is 0.0902. The lowest BCUT2D eigenvalue weighted by Gasteiger charge is -2.43. The quantitative estimate of drug-likeness (QED) is 0.394. The van der Waals surface area contributed by atoms with Gasteiger partial charge in [-0.3, -0.25) is 0 Å². The van der Waals surface area contributed by atoms with E-state index in [-0.39, 0.29) is 12.0 Å². The second kappa shape index (κ2) is 10.3. The number of benzene rings is 1. The molecule has 1 amide bonds. The van der Waals surface area contributed by atoms with Crippen molar-refractivity contribution < 1.29 is 14.0 Å². The van der Waals surface area contributed by atoms with Gasteiger partial charge in [0.15, 0.2) is 8.32 Å². The first kappa shape index (κ1) is 22.7. The van der Waals surface area contributed by atoms with Gasteiger partial charge in [-0.25, -0.2) is 4.79 Å². The fourth-order valence-corrected chi connectivity index (χ4v) is 10.1. The molecule has 0 unspecified atom stereocenters. The van der Waals surface area contributed by atoms with Gasteiger partial charge in [0.25, 0.3) is 0 Å². The molecule has 0 saturated carbocycles. The lowest BCUT2D eigenvalue weighted by atomic mass is 10.1. The highest BCUT2D eigenvalue weighted by molar-refractivity contribution is 6.77. The number of nitrogens with zero attached hydrogens (tertiary/aromatic N) is 1. The first-order chi connectivity index (χ1) is 13.3. The summed E-state index contributed by atoms with van der Waals surface area (Å²) < 4.78 is 12.2. The third-order valence-corrected chi connectivity index (χ3v) is 12.0. The van der Waals surface area contributed by atoms with Crippen molar-refractivity contribution in [3.05, 3.63) is 48.0 Å². The molecule has 4 nitrogen and oxygen atoms in total. The fourth-order valence-electron chi connectivity index (χ4n) is 4.62. The van der Waals surface area contributed by atoms with Gasteiger partial charge in [0, 0.05) is 25.6 Å². The molecule has 1 aliphatic rings. The molecule has 0 bridgehead atoms. The molecule has 0 spiro atoms. The number of hydrogen-bond acceptors (Lipinski definition) is 3.